The van der Waals surface area contributed by atoms with Gasteiger partial charge in [0.15, 0.2) is 0 Å². The zero-order valence-corrected chi connectivity index (χ0v) is 15.5. The highest BCUT2D eigenvalue weighted by Crippen LogP contribution is 2.32. The first kappa shape index (κ1) is 17.3. The van der Waals surface area contributed by atoms with Crippen LogP contribution in [0.5, 0.6) is 0 Å². The van der Waals surface area contributed by atoms with Gasteiger partial charge in [-0.05, 0) is 45.0 Å². The topological polar surface area (TPSA) is 54.7 Å². The standard InChI is InChI=1S/C17H21ClN2O3S/c1-17(2,3)23-16(21)20-9-11(10-20)19-15(12-5-4-8-22-12)13-6-7-14(18)24-13/h4-8,11,15,19H,9-10H2,1-3H3. The maximum absolute atomic E-state index is 12.0. The number of nitrogens with zero attached hydrogens (tertiary/aromatic N) is 1. The SMILES string of the molecule is CC(C)(C)OC(=O)N1CC(NC(c2ccco2)c2ccc(Cl)s2)C1. The number of likely N-dealkylation sites (tertiary alicyclic amines) is 1. The second-order valence-corrected chi connectivity index (χ2v) is 8.59. The van der Waals surface area contributed by atoms with Crippen molar-refractivity contribution in [1.29, 1.82) is 0 Å². The van der Waals surface area contributed by atoms with Crippen LogP contribution in [0.3, 0.4) is 0 Å². The molecule has 2 aromatic heterocycles. The minimum atomic E-state index is -0.472. The first-order chi connectivity index (χ1) is 11.3. The molecule has 0 bridgehead atoms. The molecule has 1 N–H and O–H groups in total. The van der Waals surface area contributed by atoms with Crippen molar-refractivity contribution < 1.29 is 13.9 Å². The number of ether oxygens (including phenoxy) is 1. The molecule has 1 amide bonds. The summed E-state index contributed by atoms with van der Waals surface area (Å²) in [7, 11) is 0. The van der Waals surface area contributed by atoms with E-state index in [0.29, 0.717) is 13.1 Å². The normalized spacial score (nSPS) is 16.8. The van der Waals surface area contributed by atoms with E-state index < -0.39 is 5.60 Å². The quantitative estimate of drug-likeness (QED) is 0.874. The number of furan rings is 1. The van der Waals surface area contributed by atoms with E-state index in [1.807, 2.05) is 45.0 Å². The molecule has 0 spiro atoms. The summed E-state index contributed by atoms with van der Waals surface area (Å²) in [6.07, 6.45) is 1.39. The lowest BCUT2D eigenvalue weighted by molar-refractivity contribution is 0.00444. The van der Waals surface area contributed by atoms with Gasteiger partial charge < -0.3 is 14.1 Å². The van der Waals surface area contributed by atoms with E-state index in [-0.39, 0.29) is 18.2 Å². The highest BCUT2D eigenvalue weighted by molar-refractivity contribution is 7.16. The Hall–Kier alpha value is -1.50. The van der Waals surface area contributed by atoms with Crippen molar-refractivity contribution in [1.82, 2.24) is 10.2 Å². The maximum Gasteiger partial charge on any atom is 0.410 e. The van der Waals surface area contributed by atoms with Gasteiger partial charge in [-0.2, -0.15) is 0 Å². The molecule has 1 fully saturated rings. The van der Waals surface area contributed by atoms with Crippen LogP contribution >= 0.6 is 22.9 Å². The summed E-state index contributed by atoms with van der Waals surface area (Å²) in [5, 5.41) is 3.54. The van der Waals surface area contributed by atoms with Gasteiger partial charge in [-0.25, -0.2) is 4.79 Å². The van der Waals surface area contributed by atoms with Crippen molar-refractivity contribution in [3.63, 3.8) is 0 Å². The molecular formula is C17H21ClN2O3S. The summed E-state index contributed by atoms with van der Waals surface area (Å²) >= 11 is 7.59. The van der Waals surface area contributed by atoms with Crippen molar-refractivity contribution in [3.05, 3.63) is 45.5 Å². The van der Waals surface area contributed by atoms with Crippen LogP contribution in [0.25, 0.3) is 0 Å². The van der Waals surface area contributed by atoms with Crippen molar-refractivity contribution in [2.75, 3.05) is 13.1 Å². The molecule has 24 heavy (non-hydrogen) atoms. The Balaban J connectivity index is 1.61. The van der Waals surface area contributed by atoms with Crippen molar-refractivity contribution >= 4 is 29.0 Å². The minimum Gasteiger partial charge on any atom is -0.467 e. The van der Waals surface area contributed by atoms with Gasteiger partial charge in [0.1, 0.15) is 17.4 Å². The van der Waals surface area contributed by atoms with E-state index in [1.54, 1.807) is 11.2 Å². The molecule has 130 valence electrons. The van der Waals surface area contributed by atoms with Gasteiger partial charge in [0.05, 0.1) is 10.6 Å². The number of carbonyl (C=O) groups is 1. The third-order valence-electron chi connectivity index (χ3n) is 3.64. The molecule has 3 heterocycles. The summed E-state index contributed by atoms with van der Waals surface area (Å²) in [4.78, 5) is 14.8. The lowest BCUT2D eigenvalue weighted by Crippen LogP contribution is -2.61. The fraction of sp³-hybridized carbons (Fsp3) is 0.471. The molecule has 1 aliphatic rings. The fourth-order valence-electron chi connectivity index (χ4n) is 2.54. The molecular weight excluding hydrogens is 348 g/mol. The number of hydrogen-bond acceptors (Lipinski definition) is 5. The van der Waals surface area contributed by atoms with Gasteiger partial charge >= 0.3 is 6.09 Å². The monoisotopic (exact) mass is 368 g/mol. The van der Waals surface area contributed by atoms with E-state index >= 15 is 0 Å². The summed E-state index contributed by atoms with van der Waals surface area (Å²) in [5.74, 6) is 0.837. The Kier molecular flexibility index (Phi) is 4.90. The second kappa shape index (κ2) is 6.78. The molecule has 1 saturated heterocycles. The van der Waals surface area contributed by atoms with Gasteiger partial charge in [0, 0.05) is 24.0 Å². The fourth-order valence-corrected chi connectivity index (χ4v) is 3.67. The Bertz CT molecular complexity index is 687. The third kappa shape index (κ3) is 4.12. The van der Waals surface area contributed by atoms with Crippen LogP contribution in [-0.4, -0.2) is 35.7 Å². The molecule has 5 nitrogen and oxygen atoms in total. The first-order valence-corrected chi connectivity index (χ1v) is 9.04. The minimum absolute atomic E-state index is 0.0664. The highest BCUT2D eigenvalue weighted by Gasteiger charge is 2.35. The van der Waals surface area contributed by atoms with Crippen LogP contribution in [0.4, 0.5) is 4.79 Å². The van der Waals surface area contributed by atoms with E-state index in [2.05, 4.69) is 5.32 Å². The number of nitrogens with one attached hydrogen (secondary N) is 1. The predicted octanol–water partition coefficient (Wildman–Crippen LogP) is 4.29. The largest absolute Gasteiger partial charge is 0.467 e. The lowest BCUT2D eigenvalue weighted by Gasteiger charge is -2.41. The van der Waals surface area contributed by atoms with Crippen molar-refractivity contribution in [2.24, 2.45) is 0 Å². The van der Waals surface area contributed by atoms with Crippen LogP contribution in [-0.2, 0) is 4.74 Å². The van der Waals surface area contributed by atoms with Crippen LogP contribution in [0, 0.1) is 0 Å². The zero-order valence-electron chi connectivity index (χ0n) is 13.9. The van der Waals surface area contributed by atoms with Gasteiger partial charge in [-0.1, -0.05) is 11.6 Å². The average Bonchev–Trinajstić information content (AvgIpc) is 3.07. The third-order valence-corrected chi connectivity index (χ3v) is 4.94. The number of amides is 1. The van der Waals surface area contributed by atoms with Crippen LogP contribution < -0.4 is 5.32 Å². The number of carbonyl (C=O) groups excluding carboxylic acids is 1. The lowest BCUT2D eigenvalue weighted by atomic mass is 10.1. The van der Waals surface area contributed by atoms with Crippen LogP contribution in [0.1, 0.15) is 37.5 Å². The predicted molar refractivity (Wildman–Crippen MR) is 94.6 cm³/mol. The molecule has 1 aliphatic heterocycles. The Morgan fingerprint density at radius 3 is 2.71 bits per heavy atom. The average molecular weight is 369 g/mol. The summed E-state index contributed by atoms with van der Waals surface area (Å²) in [5.41, 5.74) is -0.472. The summed E-state index contributed by atoms with van der Waals surface area (Å²) in [6.45, 7) is 6.84. The molecule has 7 heteroatoms. The molecule has 3 rings (SSSR count). The van der Waals surface area contributed by atoms with Gasteiger partial charge in [0.25, 0.3) is 0 Å². The van der Waals surface area contributed by atoms with Crippen molar-refractivity contribution in [2.45, 2.75) is 38.5 Å². The molecule has 0 saturated carbocycles. The second-order valence-electron chi connectivity index (χ2n) is 6.84. The smallest absolute Gasteiger partial charge is 0.410 e. The molecule has 0 aromatic carbocycles. The molecule has 2 aromatic rings. The van der Waals surface area contributed by atoms with E-state index in [4.69, 9.17) is 20.8 Å². The summed E-state index contributed by atoms with van der Waals surface area (Å²) in [6, 6.07) is 7.81. The molecule has 0 aliphatic carbocycles. The number of halogens is 1. The number of rotatable bonds is 4. The Labute approximate surface area is 150 Å². The van der Waals surface area contributed by atoms with E-state index in [0.717, 1.165) is 15.0 Å². The number of hydrogen-bond donors (Lipinski definition) is 1. The van der Waals surface area contributed by atoms with Crippen LogP contribution in [0.15, 0.2) is 34.9 Å². The highest BCUT2D eigenvalue weighted by atomic mass is 35.5. The zero-order chi connectivity index (χ0) is 17.3. The van der Waals surface area contributed by atoms with E-state index in [9.17, 15) is 4.79 Å². The molecule has 0 radical (unpaired) electrons. The Morgan fingerprint density at radius 2 is 2.17 bits per heavy atom. The van der Waals surface area contributed by atoms with E-state index in [1.165, 1.54) is 11.3 Å². The number of thiophene rings is 1. The van der Waals surface area contributed by atoms with Gasteiger partial charge in [-0.3, -0.25) is 5.32 Å². The van der Waals surface area contributed by atoms with Gasteiger partial charge in [-0.15, -0.1) is 11.3 Å². The summed E-state index contributed by atoms with van der Waals surface area (Å²) < 4.78 is 11.7. The molecule has 1 atom stereocenters. The maximum atomic E-state index is 12.0. The Morgan fingerprint density at radius 1 is 1.42 bits per heavy atom. The van der Waals surface area contributed by atoms with Crippen LogP contribution in [0.2, 0.25) is 4.34 Å². The molecule has 1 unspecified atom stereocenters. The van der Waals surface area contributed by atoms with Gasteiger partial charge in [0.2, 0.25) is 0 Å². The van der Waals surface area contributed by atoms with Crippen molar-refractivity contribution in [3.8, 4) is 0 Å². The first-order valence-electron chi connectivity index (χ1n) is 7.84.